The van der Waals surface area contributed by atoms with E-state index < -0.39 is 17.7 Å². The van der Waals surface area contributed by atoms with Gasteiger partial charge in [-0.2, -0.15) is 0 Å². The van der Waals surface area contributed by atoms with Crippen LogP contribution in [0.25, 0.3) is 0 Å². The van der Waals surface area contributed by atoms with Crippen molar-refractivity contribution in [1.82, 2.24) is 5.32 Å². The molecule has 2 aromatic rings. The number of phenolic OH excluding ortho intramolecular Hbond substituents is 1. The highest BCUT2D eigenvalue weighted by molar-refractivity contribution is 5.68. The lowest BCUT2D eigenvalue weighted by molar-refractivity contribution is 0.0516. The van der Waals surface area contributed by atoms with Gasteiger partial charge < -0.3 is 15.2 Å². The van der Waals surface area contributed by atoms with Crippen molar-refractivity contribution in [2.75, 3.05) is 0 Å². The molecule has 2 rings (SSSR count). The number of hydrogen-bond acceptors (Lipinski definition) is 3. The number of carbonyl (C=O) groups excluding carboxylic acids is 1. The van der Waals surface area contributed by atoms with Crippen LogP contribution in [0.5, 0.6) is 5.75 Å². The summed E-state index contributed by atoms with van der Waals surface area (Å²) in [6.07, 6.45) is 0.0120. The van der Waals surface area contributed by atoms with Crippen molar-refractivity contribution >= 4 is 6.09 Å². The molecule has 1 unspecified atom stereocenters. The summed E-state index contributed by atoms with van der Waals surface area (Å²) in [7, 11) is 0. The predicted molar refractivity (Wildman–Crippen MR) is 98.3 cm³/mol. The molecule has 1 amide bonds. The summed E-state index contributed by atoms with van der Waals surface area (Å²) < 4.78 is 5.32. The van der Waals surface area contributed by atoms with Crippen molar-refractivity contribution in [1.29, 1.82) is 0 Å². The van der Waals surface area contributed by atoms with Gasteiger partial charge in [0.15, 0.2) is 0 Å². The number of amides is 1. The standard InChI is InChI=1S/C21H23NO3/c1-21(2,3)25-20(24)22-18(12-9-16-7-5-4-6-8-16)15-17-10-13-19(23)14-11-17/h4-8,10-11,13-14,18,23H,15H2,1-3H3,(H,22,24). The summed E-state index contributed by atoms with van der Waals surface area (Å²) in [5.74, 6) is 6.37. The third-order valence-electron chi connectivity index (χ3n) is 3.23. The second kappa shape index (κ2) is 8.25. The number of alkyl carbamates (subject to hydrolysis) is 1. The van der Waals surface area contributed by atoms with Crippen LogP contribution < -0.4 is 5.32 Å². The molecule has 1 atom stereocenters. The third kappa shape index (κ3) is 7.01. The van der Waals surface area contributed by atoms with Crippen molar-refractivity contribution in [3.05, 3.63) is 65.7 Å². The molecular weight excluding hydrogens is 314 g/mol. The van der Waals surface area contributed by atoms with E-state index in [1.54, 1.807) is 12.1 Å². The predicted octanol–water partition coefficient (Wildman–Crippen LogP) is 3.88. The Hall–Kier alpha value is -2.93. The minimum absolute atomic E-state index is 0.204. The Morgan fingerprint density at radius 2 is 1.76 bits per heavy atom. The van der Waals surface area contributed by atoms with E-state index >= 15 is 0 Å². The quantitative estimate of drug-likeness (QED) is 0.836. The summed E-state index contributed by atoms with van der Waals surface area (Å²) in [6, 6.07) is 16.0. The average Bonchev–Trinajstić information content (AvgIpc) is 2.54. The van der Waals surface area contributed by atoms with Gasteiger partial charge in [0.2, 0.25) is 0 Å². The van der Waals surface area contributed by atoms with Crippen LogP contribution in [0.4, 0.5) is 4.79 Å². The number of rotatable bonds is 3. The second-order valence-electron chi connectivity index (χ2n) is 6.70. The first-order valence-electron chi connectivity index (χ1n) is 8.16. The van der Waals surface area contributed by atoms with Crippen molar-refractivity contribution in [2.45, 2.75) is 38.8 Å². The summed E-state index contributed by atoms with van der Waals surface area (Å²) in [5.41, 5.74) is 1.27. The van der Waals surface area contributed by atoms with E-state index in [-0.39, 0.29) is 5.75 Å². The van der Waals surface area contributed by atoms with Gasteiger partial charge in [-0.05, 0) is 50.6 Å². The lowest BCUT2D eigenvalue weighted by Crippen LogP contribution is -2.39. The molecule has 4 nitrogen and oxygen atoms in total. The number of ether oxygens (including phenoxy) is 1. The van der Waals surface area contributed by atoms with Crippen LogP contribution in [0.1, 0.15) is 31.9 Å². The highest BCUT2D eigenvalue weighted by Crippen LogP contribution is 2.12. The molecule has 0 radical (unpaired) electrons. The van der Waals surface area contributed by atoms with Crippen LogP contribution in [0.2, 0.25) is 0 Å². The molecule has 0 aliphatic carbocycles. The second-order valence-corrected chi connectivity index (χ2v) is 6.70. The first-order chi connectivity index (χ1) is 11.8. The highest BCUT2D eigenvalue weighted by atomic mass is 16.6. The third-order valence-corrected chi connectivity index (χ3v) is 3.23. The van der Waals surface area contributed by atoms with Gasteiger partial charge in [0.25, 0.3) is 0 Å². The Balaban J connectivity index is 2.14. The molecular formula is C21H23NO3. The highest BCUT2D eigenvalue weighted by Gasteiger charge is 2.18. The molecule has 2 N–H and O–H groups in total. The fourth-order valence-electron chi connectivity index (χ4n) is 2.15. The minimum Gasteiger partial charge on any atom is -0.508 e. The monoisotopic (exact) mass is 337 g/mol. The first-order valence-corrected chi connectivity index (χ1v) is 8.16. The number of aromatic hydroxyl groups is 1. The number of benzene rings is 2. The van der Waals surface area contributed by atoms with Crippen molar-refractivity contribution < 1.29 is 14.6 Å². The lowest BCUT2D eigenvalue weighted by Gasteiger charge is -2.21. The molecule has 0 fully saturated rings. The van der Waals surface area contributed by atoms with Gasteiger partial charge in [0, 0.05) is 12.0 Å². The van der Waals surface area contributed by atoms with E-state index in [1.807, 2.05) is 63.2 Å². The largest absolute Gasteiger partial charge is 0.508 e. The maximum Gasteiger partial charge on any atom is 0.408 e. The molecule has 0 aliphatic rings. The van der Waals surface area contributed by atoms with Crippen LogP contribution in [-0.2, 0) is 11.2 Å². The van der Waals surface area contributed by atoms with Crippen molar-refractivity contribution in [3.8, 4) is 17.6 Å². The summed E-state index contributed by atoms with van der Waals surface area (Å²) in [5, 5.41) is 12.2. The number of carbonyl (C=O) groups is 1. The summed E-state index contributed by atoms with van der Waals surface area (Å²) in [6.45, 7) is 5.45. The minimum atomic E-state index is -0.569. The van der Waals surface area contributed by atoms with Crippen LogP contribution in [0.3, 0.4) is 0 Å². The number of phenols is 1. The summed E-state index contributed by atoms with van der Waals surface area (Å²) >= 11 is 0. The van der Waals surface area contributed by atoms with E-state index in [0.717, 1.165) is 11.1 Å². The van der Waals surface area contributed by atoms with Crippen molar-refractivity contribution in [2.24, 2.45) is 0 Å². The normalized spacial score (nSPS) is 11.8. The van der Waals surface area contributed by atoms with E-state index in [1.165, 1.54) is 0 Å². The maximum absolute atomic E-state index is 12.1. The fourth-order valence-corrected chi connectivity index (χ4v) is 2.15. The average molecular weight is 337 g/mol. The molecule has 0 spiro atoms. The molecule has 0 aromatic heterocycles. The molecule has 0 aliphatic heterocycles. The molecule has 2 aromatic carbocycles. The fraction of sp³-hybridized carbons (Fsp3) is 0.286. The van der Waals surface area contributed by atoms with Gasteiger partial charge in [-0.3, -0.25) is 0 Å². The Bertz CT molecular complexity index is 750. The first kappa shape index (κ1) is 18.4. The zero-order valence-corrected chi connectivity index (χ0v) is 14.7. The Kier molecular flexibility index (Phi) is 6.08. The van der Waals surface area contributed by atoms with Gasteiger partial charge >= 0.3 is 6.09 Å². The Morgan fingerprint density at radius 1 is 1.12 bits per heavy atom. The zero-order valence-electron chi connectivity index (χ0n) is 14.7. The lowest BCUT2D eigenvalue weighted by atomic mass is 10.1. The maximum atomic E-state index is 12.1. The van der Waals surface area contributed by atoms with E-state index in [2.05, 4.69) is 17.2 Å². The topological polar surface area (TPSA) is 58.6 Å². The van der Waals surface area contributed by atoms with Gasteiger partial charge in [-0.25, -0.2) is 4.79 Å². The number of nitrogens with one attached hydrogen (secondary N) is 1. The van der Waals surface area contributed by atoms with Crippen LogP contribution in [0, 0.1) is 11.8 Å². The Morgan fingerprint density at radius 3 is 2.36 bits per heavy atom. The van der Waals surface area contributed by atoms with Gasteiger partial charge in [0.05, 0.1) is 6.04 Å². The van der Waals surface area contributed by atoms with Crippen LogP contribution in [0.15, 0.2) is 54.6 Å². The molecule has 130 valence electrons. The van der Waals surface area contributed by atoms with Crippen molar-refractivity contribution in [3.63, 3.8) is 0 Å². The summed E-state index contributed by atoms with van der Waals surface area (Å²) in [4.78, 5) is 12.1. The molecule has 0 saturated heterocycles. The zero-order chi connectivity index (χ0) is 18.3. The van der Waals surface area contributed by atoms with Gasteiger partial charge in [-0.15, -0.1) is 0 Å². The van der Waals surface area contributed by atoms with Crippen LogP contribution in [-0.4, -0.2) is 22.8 Å². The Labute approximate surface area is 148 Å². The van der Waals surface area contributed by atoms with Crippen LogP contribution >= 0.6 is 0 Å². The number of hydrogen-bond donors (Lipinski definition) is 2. The molecule has 0 bridgehead atoms. The molecule has 0 heterocycles. The van der Waals surface area contributed by atoms with Gasteiger partial charge in [-0.1, -0.05) is 42.2 Å². The molecule has 4 heteroatoms. The van der Waals surface area contributed by atoms with Gasteiger partial charge in [0.1, 0.15) is 11.4 Å². The molecule has 25 heavy (non-hydrogen) atoms. The van der Waals surface area contributed by atoms with E-state index in [4.69, 9.17) is 4.74 Å². The SMILES string of the molecule is CC(C)(C)OC(=O)NC(C#Cc1ccccc1)Cc1ccc(O)cc1. The molecule has 0 saturated carbocycles. The smallest absolute Gasteiger partial charge is 0.408 e. The van der Waals surface area contributed by atoms with E-state index in [9.17, 15) is 9.90 Å². The van der Waals surface area contributed by atoms with E-state index in [0.29, 0.717) is 6.42 Å².